The van der Waals surface area contributed by atoms with Crippen molar-refractivity contribution < 1.29 is 9.90 Å². The Morgan fingerprint density at radius 1 is 1.44 bits per heavy atom. The van der Waals surface area contributed by atoms with Crippen LogP contribution in [-0.4, -0.2) is 35.2 Å². The maximum atomic E-state index is 10.7. The van der Waals surface area contributed by atoms with Crippen LogP contribution in [0.4, 0.5) is 16.2 Å². The average molecular weight is 221 g/mol. The van der Waals surface area contributed by atoms with E-state index in [-0.39, 0.29) is 6.04 Å². The number of hydrogen-bond donors (Lipinski definition) is 3. The summed E-state index contributed by atoms with van der Waals surface area (Å²) in [6, 6.07) is 7.65. The van der Waals surface area contributed by atoms with Gasteiger partial charge < -0.3 is 21.1 Å². The summed E-state index contributed by atoms with van der Waals surface area (Å²) >= 11 is 0. The SMILES string of the molecule is Nc1ccc(NC2CCN(C(=O)O)C2)cc1. The minimum Gasteiger partial charge on any atom is -0.465 e. The molecule has 0 radical (unpaired) electrons. The fourth-order valence-corrected chi connectivity index (χ4v) is 1.87. The number of hydrogen-bond acceptors (Lipinski definition) is 3. The van der Waals surface area contributed by atoms with Crippen LogP contribution in [0.3, 0.4) is 0 Å². The van der Waals surface area contributed by atoms with E-state index in [0.717, 1.165) is 17.8 Å². The van der Waals surface area contributed by atoms with Crippen molar-refractivity contribution in [2.24, 2.45) is 0 Å². The molecule has 0 saturated carbocycles. The lowest BCUT2D eigenvalue weighted by atomic mass is 10.2. The van der Waals surface area contributed by atoms with Crippen molar-refractivity contribution >= 4 is 17.5 Å². The number of rotatable bonds is 2. The number of carboxylic acid groups (broad SMARTS) is 1. The number of nitrogen functional groups attached to an aromatic ring is 1. The molecular weight excluding hydrogens is 206 g/mol. The zero-order valence-electron chi connectivity index (χ0n) is 8.89. The first-order valence-corrected chi connectivity index (χ1v) is 5.25. The fourth-order valence-electron chi connectivity index (χ4n) is 1.87. The minimum atomic E-state index is -0.846. The van der Waals surface area contributed by atoms with Crippen molar-refractivity contribution in [3.63, 3.8) is 0 Å². The molecule has 1 aromatic carbocycles. The predicted octanol–water partition coefficient (Wildman–Crippen LogP) is 1.43. The van der Waals surface area contributed by atoms with E-state index in [9.17, 15) is 4.79 Å². The second-order valence-electron chi connectivity index (χ2n) is 3.98. The summed E-state index contributed by atoms with van der Waals surface area (Å²) in [5.74, 6) is 0. The van der Waals surface area contributed by atoms with Gasteiger partial charge in [-0.15, -0.1) is 0 Å². The standard InChI is InChI=1S/C11H15N3O2/c12-8-1-3-9(4-2-8)13-10-5-6-14(7-10)11(15)16/h1-4,10,13H,5-7,12H2,(H,15,16). The monoisotopic (exact) mass is 221 g/mol. The van der Waals surface area contributed by atoms with Crippen molar-refractivity contribution in [3.05, 3.63) is 24.3 Å². The summed E-state index contributed by atoms with van der Waals surface area (Å²) in [6.45, 7) is 1.14. The molecule has 1 aliphatic heterocycles. The molecule has 86 valence electrons. The molecule has 1 unspecified atom stereocenters. The Balaban J connectivity index is 1.92. The third-order valence-electron chi connectivity index (χ3n) is 2.74. The Morgan fingerprint density at radius 2 is 2.12 bits per heavy atom. The van der Waals surface area contributed by atoms with Crippen LogP contribution in [0.2, 0.25) is 0 Å². The van der Waals surface area contributed by atoms with Gasteiger partial charge in [-0.3, -0.25) is 0 Å². The van der Waals surface area contributed by atoms with Crippen molar-refractivity contribution in [1.82, 2.24) is 4.90 Å². The number of nitrogens with two attached hydrogens (primary N) is 1. The van der Waals surface area contributed by atoms with Crippen LogP contribution in [0.25, 0.3) is 0 Å². The van der Waals surface area contributed by atoms with Crippen molar-refractivity contribution in [3.8, 4) is 0 Å². The van der Waals surface area contributed by atoms with E-state index >= 15 is 0 Å². The number of amides is 1. The van der Waals surface area contributed by atoms with Crippen molar-refractivity contribution in [2.45, 2.75) is 12.5 Å². The third kappa shape index (κ3) is 2.36. The zero-order chi connectivity index (χ0) is 11.5. The zero-order valence-corrected chi connectivity index (χ0v) is 8.89. The van der Waals surface area contributed by atoms with Crippen molar-refractivity contribution in [1.29, 1.82) is 0 Å². The number of anilines is 2. The smallest absolute Gasteiger partial charge is 0.407 e. The maximum absolute atomic E-state index is 10.7. The second-order valence-corrected chi connectivity index (χ2v) is 3.98. The molecule has 5 nitrogen and oxygen atoms in total. The lowest BCUT2D eigenvalue weighted by Crippen LogP contribution is -2.30. The van der Waals surface area contributed by atoms with Crippen LogP contribution >= 0.6 is 0 Å². The van der Waals surface area contributed by atoms with E-state index in [1.165, 1.54) is 4.90 Å². The van der Waals surface area contributed by atoms with Crippen LogP contribution in [0, 0.1) is 0 Å². The van der Waals surface area contributed by atoms with Gasteiger partial charge in [0.15, 0.2) is 0 Å². The molecule has 1 saturated heterocycles. The molecule has 1 atom stereocenters. The molecule has 0 bridgehead atoms. The highest BCUT2D eigenvalue weighted by Gasteiger charge is 2.25. The molecule has 1 fully saturated rings. The minimum absolute atomic E-state index is 0.194. The maximum Gasteiger partial charge on any atom is 0.407 e. The molecule has 1 amide bonds. The van der Waals surface area contributed by atoms with E-state index in [1.807, 2.05) is 24.3 Å². The molecule has 4 N–H and O–H groups in total. The number of benzene rings is 1. The summed E-state index contributed by atoms with van der Waals surface area (Å²) in [6.07, 6.45) is -0.00181. The molecule has 0 aromatic heterocycles. The molecule has 5 heteroatoms. The van der Waals surface area contributed by atoms with Crippen LogP contribution in [0.5, 0.6) is 0 Å². The van der Waals surface area contributed by atoms with Crippen LogP contribution in [-0.2, 0) is 0 Å². The van der Waals surface area contributed by atoms with E-state index in [0.29, 0.717) is 13.1 Å². The summed E-state index contributed by atoms with van der Waals surface area (Å²) in [7, 11) is 0. The topological polar surface area (TPSA) is 78.6 Å². The van der Waals surface area contributed by atoms with Crippen molar-refractivity contribution in [2.75, 3.05) is 24.1 Å². The van der Waals surface area contributed by atoms with E-state index in [2.05, 4.69) is 5.32 Å². The molecule has 16 heavy (non-hydrogen) atoms. The van der Waals surface area contributed by atoms with Crippen LogP contribution in [0.1, 0.15) is 6.42 Å². The molecule has 1 aromatic rings. The van der Waals surface area contributed by atoms with Gasteiger partial charge in [0.05, 0.1) is 0 Å². The summed E-state index contributed by atoms with van der Waals surface area (Å²) in [5.41, 5.74) is 7.29. The van der Waals surface area contributed by atoms with E-state index in [1.54, 1.807) is 0 Å². The molecule has 2 rings (SSSR count). The van der Waals surface area contributed by atoms with Gasteiger partial charge in [-0.2, -0.15) is 0 Å². The number of nitrogens with zero attached hydrogens (tertiary/aromatic N) is 1. The predicted molar refractivity (Wildman–Crippen MR) is 62.5 cm³/mol. The Kier molecular flexibility index (Phi) is 2.85. The first-order chi connectivity index (χ1) is 7.65. The van der Waals surface area contributed by atoms with E-state index in [4.69, 9.17) is 10.8 Å². The highest BCUT2D eigenvalue weighted by molar-refractivity contribution is 5.65. The van der Waals surface area contributed by atoms with Gasteiger partial charge in [-0.25, -0.2) is 4.79 Å². The number of carbonyl (C=O) groups is 1. The number of nitrogens with one attached hydrogen (secondary N) is 1. The summed E-state index contributed by atoms with van der Waals surface area (Å²) in [4.78, 5) is 12.2. The van der Waals surface area contributed by atoms with Gasteiger partial charge in [-0.05, 0) is 30.7 Å². The highest BCUT2D eigenvalue weighted by atomic mass is 16.4. The molecule has 0 spiro atoms. The van der Waals surface area contributed by atoms with Gasteiger partial charge in [0.25, 0.3) is 0 Å². The lowest BCUT2D eigenvalue weighted by Gasteiger charge is -2.15. The Labute approximate surface area is 93.9 Å². The molecule has 1 heterocycles. The third-order valence-corrected chi connectivity index (χ3v) is 2.74. The number of likely N-dealkylation sites (tertiary alicyclic amines) is 1. The van der Waals surface area contributed by atoms with Crippen LogP contribution in [0.15, 0.2) is 24.3 Å². The van der Waals surface area contributed by atoms with Gasteiger partial charge >= 0.3 is 6.09 Å². The van der Waals surface area contributed by atoms with Gasteiger partial charge in [0.1, 0.15) is 0 Å². The fraction of sp³-hybridized carbons (Fsp3) is 0.364. The molecular formula is C11H15N3O2. The van der Waals surface area contributed by atoms with E-state index < -0.39 is 6.09 Å². The largest absolute Gasteiger partial charge is 0.465 e. The average Bonchev–Trinajstić information content (AvgIpc) is 2.70. The summed E-state index contributed by atoms with van der Waals surface area (Å²) in [5, 5.41) is 12.1. The van der Waals surface area contributed by atoms with Gasteiger partial charge in [0, 0.05) is 30.5 Å². The first kappa shape index (κ1) is 10.6. The van der Waals surface area contributed by atoms with Gasteiger partial charge in [0.2, 0.25) is 0 Å². The van der Waals surface area contributed by atoms with Gasteiger partial charge in [-0.1, -0.05) is 0 Å². The Morgan fingerprint density at radius 3 is 2.69 bits per heavy atom. The van der Waals surface area contributed by atoms with Crippen LogP contribution < -0.4 is 11.1 Å². The molecule has 1 aliphatic rings. The summed E-state index contributed by atoms with van der Waals surface area (Å²) < 4.78 is 0. The quantitative estimate of drug-likeness (QED) is 0.660. The normalized spacial score (nSPS) is 19.8. The lowest BCUT2D eigenvalue weighted by molar-refractivity contribution is 0.155. The second kappa shape index (κ2) is 4.30. The highest BCUT2D eigenvalue weighted by Crippen LogP contribution is 2.17. The molecule has 0 aliphatic carbocycles. The first-order valence-electron chi connectivity index (χ1n) is 5.25. The Hall–Kier alpha value is -1.91. The Bertz CT molecular complexity index is 377.